The van der Waals surface area contributed by atoms with Gasteiger partial charge in [0, 0.05) is 5.56 Å². The molecule has 0 saturated heterocycles. The molecule has 1 amide bonds. The lowest BCUT2D eigenvalue weighted by atomic mass is 10.2. The van der Waals surface area contributed by atoms with Crippen molar-refractivity contribution in [2.75, 3.05) is 13.2 Å². The Bertz CT molecular complexity index is 659. The van der Waals surface area contributed by atoms with Crippen molar-refractivity contribution in [3.8, 4) is 17.6 Å². The fourth-order valence-corrected chi connectivity index (χ4v) is 1.61. The topological polar surface area (TPSA) is 38.3 Å². The molecule has 0 aliphatic heterocycles. The second-order valence-corrected chi connectivity index (χ2v) is 4.12. The van der Waals surface area contributed by atoms with Crippen LogP contribution in [0.1, 0.15) is 10.4 Å². The van der Waals surface area contributed by atoms with E-state index in [1.54, 1.807) is 36.4 Å². The predicted molar refractivity (Wildman–Crippen MR) is 78.4 cm³/mol. The van der Waals surface area contributed by atoms with Gasteiger partial charge in [-0.25, -0.2) is 4.39 Å². The van der Waals surface area contributed by atoms with Crippen molar-refractivity contribution in [1.82, 2.24) is 5.32 Å². The van der Waals surface area contributed by atoms with Crippen LogP contribution < -0.4 is 10.1 Å². The van der Waals surface area contributed by atoms with E-state index in [1.165, 1.54) is 12.1 Å². The van der Waals surface area contributed by atoms with Gasteiger partial charge in [0.25, 0.3) is 5.91 Å². The van der Waals surface area contributed by atoms with E-state index in [9.17, 15) is 9.18 Å². The molecular weight excluding hydrogens is 269 g/mol. The minimum Gasteiger partial charge on any atom is -0.478 e. The molecule has 2 aromatic rings. The first-order chi connectivity index (χ1) is 10.3. The monoisotopic (exact) mass is 283 g/mol. The molecule has 4 heteroatoms. The van der Waals surface area contributed by atoms with Gasteiger partial charge in [-0.15, -0.1) is 0 Å². The van der Waals surface area contributed by atoms with Crippen LogP contribution in [0.15, 0.2) is 54.6 Å². The van der Waals surface area contributed by atoms with Gasteiger partial charge in [-0.05, 0) is 24.3 Å². The van der Waals surface area contributed by atoms with E-state index in [-0.39, 0.29) is 24.8 Å². The third kappa shape index (κ3) is 4.66. The molecule has 0 fully saturated rings. The van der Waals surface area contributed by atoms with E-state index in [1.807, 2.05) is 6.07 Å². The lowest BCUT2D eigenvalue weighted by molar-refractivity contribution is 0.0958. The lowest BCUT2D eigenvalue weighted by Crippen LogP contribution is -2.23. The van der Waals surface area contributed by atoms with Crippen LogP contribution in [-0.4, -0.2) is 19.1 Å². The van der Waals surface area contributed by atoms with Crippen LogP contribution in [0.5, 0.6) is 5.75 Å². The van der Waals surface area contributed by atoms with Crippen LogP contribution in [0.2, 0.25) is 0 Å². The third-order valence-corrected chi connectivity index (χ3v) is 2.63. The Balaban J connectivity index is 1.73. The molecule has 0 aromatic heterocycles. The van der Waals surface area contributed by atoms with Crippen molar-refractivity contribution in [1.29, 1.82) is 0 Å². The first-order valence-corrected chi connectivity index (χ1v) is 6.43. The summed E-state index contributed by atoms with van der Waals surface area (Å²) in [6.45, 7) is 0.288. The van der Waals surface area contributed by atoms with Crippen LogP contribution in [0.4, 0.5) is 4.39 Å². The molecule has 0 aliphatic rings. The van der Waals surface area contributed by atoms with Crippen LogP contribution in [0.3, 0.4) is 0 Å². The normalized spacial score (nSPS) is 9.38. The molecular formula is C17H14FNO2. The smallest absolute Gasteiger partial charge is 0.252 e. The number of rotatable bonds is 4. The molecule has 3 nitrogen and oxygen atoms in total. The highest BCUT2D eigenvalue weighted by atomic mass is 19.1. The van der Waals surface area contributed by atoms with Crippen molar-refractivity contribution in [2.45, 2.75) is 0 Å². The van der Waals surface area contributed by atoms with E-state index in [0.717, 1.165) is 0 Å². The van der Waals surface area contributed by atoms with Gasteiger partial charge in [-0.3, -0.25) is 4.79 Å². The number of halogens is 1. The van der Waals surface area contributed by atoms with Crippen molar-refractivity contribution in [3.63, 3.8) is 0 Å². The first kappa shape index (κ1) is 14.6. The molecule has 106 valence electrons. The Hall–Kier alpha value is -2.80. The molecule has 1 N–H and O–H groups in total. The molecule has 0 heterocycles. The Morgan fingerprint density at radius 3 is 2.52 bits per heavy atom. The van der Waals surface area contributed by atoms with Crippen molar-refractivity contribution < 1.29 is 13.9 Å². The zero-order valence-corrected chi connectivity index (χ0v) is 11.3. The summed E-state index contributed by atoms with van der Waals surface area (Å²) in [5, 5.41) is 2.67. The highest BCUT2D eigenvalue weighted by Gasteiger charge is 2.01. The van der Waals surface area contributed by atoms with Crippen LogP contribution >= 0.6 is 0 Å². The van der Waals surface area contributed by atoms with E-state index < -0.39 is 5.82 Å². The summed E-state index contributed by atoms with van der Waals surface area (Å²) in [6, 6.07) is 15.0. The molecule has 0 unspecified atom stereocenters. The highest BCUT2D eigenvalue weighted by molar-refractivity contribution is 5.94. The number of carbonyl (C=O) groups is 1. The van der Waals surface area contributed by atoms with Gasteiger partial charge in [-0.1, -0.05) is 42.2 Å². The van der Waals surface area contributed by atoms with Crippen molar-refractivity contribution in [2.24, 2.45) is 0 Å². The SMILES string of the molecule is O=C(NCC#CCOc1ccccc1F)c1ccccc1. The van der Waals surface area contributed by atoms with Crippen LogP contribution in [0.25, 0.3) is 0 Å². The average Bonchev–Trinajstić information content (AvgIpc) is 2.53. The number of hydrogen-bond acceptors (Lipinski definition) is 2. The van der Waals surface area contributed by atoms with E-state index in [2.05, 4.69) is 17.2 Å². The summed E-state index contributed by atoms with van der Waals surface area (Å²) >= 11 is 0. The summed E-state index contributed by atoms with van der Waals surface area (Å²) in [4.78, 5) is 11.7. The summed E-state index contributed by atoms with van der Waals surface area (Å²) < 4.78 is 18.4. The Morgan fingerprint density at radius 1 is 1.05 bits per heavy atom. The molecule has 0 spiro atoms. The summed E-state index contributed by atoms with van der Waals surface area (Å²) in [5.41, 5.74) is 0.585. The largest absolute Gasteiger partial charge is 0.478 e. The number of carbonyl (C=O) groups excluding carboxylic acids is 1. The van der Waals surface area contributed by atoms with Gasteiger partial charge in [-0.2, -0.15) is 0 Å². The molecule has 21 heavy (non-hydrogen) atoms. The molecule has 0 atom stereocenters. The lowest BCUT2D eigenvalue weighted by Gasteiger charge is -2.02. The second-order valence-electron chi connectivity index (χ2n) is 4.12. The maximum absolute atomic E-state index is 13.2. The first-order valence-electron chi connectivity index (χ1n) is 6.43. The van der Waals surface area contributed by atoms with E-state index >= 15 is 0 Å². The number of para-hydroxylation sites is 1. The molecule has 2 rings (SSSR count). The number of hydrogen-bond donors (Lipinski definition) is 1. The summed E-state index contributed by atoms with van der Waals surface area (Å²) in [5.74, 6) is 5.03. The van der Waals surface area contributed by atoms with Gasteiger partial charge < -0.3 is 10.1 Å². The minimum atomic E-state index is -0.420. The Labute approximate surface area is 122 Å². The zero-order chi connectivity index (χ0) is 14.9. The summed E-state index contributed by atoms with van der Waals surface area (Å²) in [7, 11) is 0. The third-order valence-electron chi connectivity index (χ3n) is 2.63. The molecule has 0 saturated carbocycles. The van der Waals surface area contributed by atoms with Crippen molar-refractivity contribution in [3.05, 3.63) is 66.0 Å². The average molecular weight is 283 g/mol. The molecule has 0 radical (unpaired) electrons. The number of nitrogens with one attached hydrogen (secondary N) is 1. The molecule has 2 aromatic carbocycles. The van der Waals surface area contributed by atoms with Gasteiger partial charge in [0.15, 0.2) is 11.6 Å². The van der Waals surface area contributed by atoms with Crippen molar-refractivity contribution >= 4 is 5.91 Å². The molecule has 0 aliphatic carbocycles. The zero-order valence-electron chi connectivity index (χ0n) is 11.3. The fourth-order valence-electron chi connectivity index (χ4n) is 1.61. The summed E-state index contributed by atoms with van der Waals surface area (Å²) in [6.07, 6.45) is 0. The Morgan fingerprint density at radius 2 is 1.76 bits per heavy atom. The number of ether oxygens (including phenoxy) is 1. The van der Waals surface area contributed by atoms with Gasteiger partial charge in [0.1, 0.15) is 6.61 Å². The number of amides is 1. The standard InChI is InChI=1S/C17H14FNO2/c18-15-10-4-5-11-16(15)21-13-7-6-12-19-17(20)14-8-2-1-3-9-14/h1-5,8-11H,12-13H2,(H,19,20). The van der Waals surface area contributed by atoms with Crippen LogP contribution in [0, 0.1) is 17.7 Å². The highest BCUT2D eigenvalue weighted by Crippen LogP contribution is 2.14. The van der Waals surface area contributed by atoms with E-state index in [0.29, 0.717) is 5.56 Å². The van der Waals surface area contributed by atoms with Gasteiger partial charge in [0.05, 0.1) is 6.54 Å². The van der Waals surface area contributed by atoms with E-state index in [4.69, 9.17) is 4.74 Å². The van der Waals surface area contributed by atoms with Gasteiger partial charge in [0.2, 0.25) is 0 Å². The minimum absolute atomic E-state index is 0.0716. The van der Waals surface area contributed by atoms with Gasteiger partial charge >= 0.3 is 0 Å². The maximum atomic E-state index is 13.2. The number of benzene rings is 2. The predicted octanol–water partition coefficient (Wildman–Crippen LogP) is 2.64. The second kappa shape index (κ2) is 7.71. The maximum Gasteiger partial charge on any atom is 0.252 e. The van der Waals surface area contributed by atoms with Crippen LogP contribution in [-0.2, 0) is 0 Å². The Kier molecular flexibility index (Phi) is 5.36. The molecule has 0 bridgehead atoms. The fraction of sp³-hybridized carbons (Fsp3) is 0.118. The quantitative estimate of drug-likeness (QED) is 0.876.